The van der Waals surface area contributed by atoms with Crippen LogP contribution in [0, 0.1) is 0 Å². The van der Waals surface area contributed by atoms with Gasteiger partial charge in [0.05, 0.1) is 15.6 Å². The number of hydrogen-bond donors (Lipinski definition) is 1. The van der Waals surface area contributed by atoms with Gasteiger partial charge in [-0.15, -0.1) is 0 Å². The third kappa shape index (κ3) is 2.81. The molecule has 0 spiro atoms. The Hall–Kier alpha value is -1.58. The van der Waals surface area contributed by atoms with E-state index in [0.29, 0.717) is 15.6 Å². The lowest BCUT2D eigenvalue weighted by molar-refractivity contribution is 0.0993. The molecule has 92 valence electrons. The Balaban J connectivity index is 2.22. The molecule has 1 aromatic carbocycles. The first-order chi connectivity index (χ1) is 8.58. The number of hydrogen-bond acceptors (Lipinski definition) is 3. The van der Waals surface area contributed by atoms with Gasteiger partial charge in [-0.1, -0.05) is 29.3 Å². The van der Waals surface area contributed by atoms with Crippen molar-refractivity contribution in [2.75, 3.05) is 5.73 Å². The summed E-state index contributed by atoms with van der Waals surface area (Å²) in [5.41, 5.74) is 6.86. The minimum absolute atomic E-state index is 0.0982. The zero-order chi connectivity index (χ0) is 13.1. The summed E-state index contributed by atoms with van der Waals surface area (Å²) in [6.45, 7) is 0. The molecule has 0 fully saturated rings. The van der Waals surface area contributed by atoms with Crippen molar-refractivity contribution in [2.45, 2.75) is 6.42 Å². The lowest BCUT2D eigenvalue weighted by atomic mass is 10.0. The van der Waals surface area contributed by atoms with Crippen LogP contribution in [0.3, 0.4) is 0 Å². The van der Waals surface area contributed by atoms with Gasteiger partial charge in [0.25, 0.3) is 0 Å². The van der Waals surface area contributed by atoms with E-state index in [0.717, 1.165) is 5.56 Å². The highest BCUT2D eigenvalue weighted by Crippen LogP contribution is 2.23. The van der Waals surface area contributed by atoms with E-state index in [1.807, 2.05) is 0 Å². The van der Waals surface area contributed by atoms with Crippen molar-refractivity contribution < 1.29 is 4.79 Å². The predicted molar refractivity (Wildman–Crippen MR) is 73.1 cm³/mol. The van der Waals surface area contributed by atoms with Gasteiger partial charge in [0.15, 0.2) is 5.78 Å². The predicted octanol–water partition coefficient (Wildman–Crippen LogP) is 3.40. The molecule has 0 aliphatic rings. The molecule has 0 unspecified atom stereocenters. The summed E-state index contributed by atoms with van der Waals surface area (Å²) in [6.07, 6.45) is 1.76. The number of nitrogen functional groups attached to an aromatic ring is 1. The third-order valence-electron chi connectivity index (χ3n) is 2.49. The minimum Gasteiger partial charge on any atom is -0.383 e. The zero-order valence-corrected chi connectivity index (χ0v) is 10.9. The molecule has 0 radical (unpaired) electrons. The van der Waals surface area contributed by atoms with Gasteiger partial charge in [-0.3, -0.25) is 4.79 Å². The van der Waals surface area contributed by atoms with Crippen molar-refractivity contribution in [1.82, 2.24) is 4.98 Å². The Kier molecular flexibility index (Phi) is 3.84. The molecular weight excluding hydrogens is 271 g/mol. The van der Waals surface area contributed by atoms with E-state index in [1.54, 1.807) is 36.5 Å². The van der Waals surface area contributed by atoms with Crippen molar-refractivity contribution >= 4 is 34.8 Å². The number of benzene rings is 1. The van der Waals surface area contributed by atoms with E-state index in [-0.39, 0.29) is 18.0 Å². The largest absolute Gasteiger partial charge is 0.383 e. The summed E-state index contributed by atoms with van der Waals surface area (Å²) in [7, 11) is 0. The second-order valence-corrected chi connectivity index (χ2v) is 4.60. The van der Waals surface area contributed by atoms with Crippen LogP contribution in [0.5, 0.6) is 0 Å². The average Bonchev–Trinajstić information content (AvgIpc) is 2.34. The highest BCUT2D eigenvalue weighted by atomic mass is 35.5. The third-order valence-corrected chi connectivity index (χ3v) is 3.23. The quantitative estimate of drug-likeness (QED) is 0.877. The number of nitrogens with two attached hydrogens (primary N) is 1. The van der Waals surface area contributed by atoms with Gasteiger partial charge < -0.3 is 5.73 Å². The van der Waals surface area contributed by atoms with E-state index in [9.17, 15) is 4.79 Å². The van der Waals surface area contributed by atoms with Gasteiger partial charge in [-0.25, -0.2) is 4.98 Å². The van der Waals surface area contributed by atoms with Crippen molar-refractivity contribution in [2.24, 2.45) is 0 Å². The lowest BCUT2D eigenvalue weighted by Gasteiger charge is -2.05. The lowest BCUT2D eigenvalue weighted by Crippen LogP contribution is -2.08. The molecule has 2 aromatic rings. The topological polar surface area (TPSA) is 56.0 Å². The molecule has 0 bridgehead atoms. The number of ketones is 1. The van der Waals surface area contributed by atoms with Crippen LogP contribution in [0.2, 0.25) is 10.0 Å². The fourth-order valence-corrected chi connectivity index (χ4v) is 1.90. The SMILES string of the molecule is Nc1ncccc1C(=O)Cc1ccc(Cl)c(Cl)c1. The van der Waals surface area contributed by atoms with Gasteiger partial charge in [0.1, 0.15) is 5.82 Å². The van der Waals surface area contributed by atoms with Crippen molar-refractivity contribution in [1.29, 1.82) is 0 Å². The van der Waals surface area contributed by atoms with Gasteiger partial charge >= 0.3 is 0 Å². The summed E-state index contributed by atoms with van der Waals surface area (Å²) in [6, 6.07) is 8.44. The number of Topliss-reactive ketones (excluding diaryl/α,β-unsaturated/α-hetero) is 1. The number of anilines is 1. The normalized spacial score (nSPS) is 10.3. The molecule has 0 aliphatic carbocycles. The first kappa shape index (κ1) is 12.9. The Morgan fingerprint density at radius 1 is 1.22 bits per heavy atom. The molecule has 0 amide bonds. The number of pyridine rings is 1. The van der Waals surface area contributed by atoms with Gasteiger partial charge in [-0.2, -0.15) is 0 Å². The van der Waals surface area contributed by atoms with E-state index in [2.05, 4.69) is 4.98 Å². The summed E-state index contributed by atoms with van der Waals surface area (Å²) in [5.74, 6) is 0.140. The summed E-state index contributed by atoms with van der Waals surface area (Å²) >= 11 is 11.7. The summed E-state index contributed by atoms with van der Waals surface area (Å²) in [5, 5.41) is 0.898. The fraction of sp³-hybridized carbons (Fsp3) is 0.0769. The van der Waals surface area contributed by atoms with Crippen LogP contribution in [0.4, 0.5) is 5.82 Å². The second-order valence-electron chi connectivity index (χ2n) is 3.78. The fourth-order valence-electron chi connectivity index (χ4n) is 1.58. The Morgan fingerprint density at radius 3 is 2.67 bits per heavy atom. The standard InChI is InChI=1S/C13H10Cl2N2O/c14-10-4-3-8(6-11(10)15)7-12(18)9-2-1-5-17-13(9)16/h1-6H,7H2,(H2,16,17). The van der Waals surface area contributed by atoms with Crippen molar-refractivity contribution in [3.63, 3.8) is 0 Å². The zero-order valence-electron chi connectivity index (χ0n) is 9.36. The maximum atomic E-state index is 12.0. The summed E-state index contributed by atoms with van der Waals surface area (Å²) in [4.78, 5) is 15.9. The first-order valence-electron chi connectivity index (χ1n) is 5.25. The van der Waals surface area contributed by atoms with Gasteiger partial charge in [0, 0.05) is 12.6 Å². The molecule has 0 saturated heterocycles. The molecule has 0 aliphatic heterocycles. The van der Waals surface area contributed by atoms with Crippen LogP contribution in [-0.4, -0.2) is 10.8 Å². The molecule has 2 N–H and O–H groups in total. The van der Waals surface area contributed by atoms with Crippen LogP contribution >= 0.6 is 23.2 Å². The maximum absolute atomic E-state index is 12.0. The molecule has 1 aromatic heterocycles. The van der Waals surface area contributed by atoms with Crippen LogP contribution in [0.15, 0.2) is 36.5 Å². The molecule has 1 heterocycles. The number of carbonyl (C=O) groups is 1. The molecule has 0 atom stereocenters. The smallest absolute Gasteiger partial charge is 0.170 e. The summed E-state index contributed by atoms with van der Waals surface area (Å²) < 4.78 is 0. The minimum atomic E-state index is -0.0982. The molecule has 3 nitrogen and oxygen atoms in total. The monoisotopic (exact) mass is 280 g/mol. The highest BCUT2D eigenvalue weighted by molar-refractivity contribution is 6.42. The van der Waals surface area contributed by atoms with E-state index >= 15 is 0 Å². The van der Waals surface area contributed by atoms with Gasteiger partial charge in [0.2, 0.25) is 0 Å². The van der Waals surface area contributed by atoms with Crippen molar-refractivity contribution in [3.8, 4) is 0 Å². The average molecular weight is 281 g/mol. The van der Waals surface area contributed by atoms with E-state index in [1.165, 1.54) is 0 Å². The number of nitrogens with zero attached hydrogens (tertiary/aromatic N) is 1. The number of carbonyl (C=O) groups excluding carboxylic acids is 1. The molecular formula is C13H10Cl2N2O. The van der Waals surface area contributed by atoms with Crippen LogP contribution in [-0.2, 0) is 6.42 Å². The van der Waals surface area contributed by atoms with Crippen LogP contribution in [0.25, 0.3) is 0 Å². The second kappa shape index (κ2) is 5.38. The maximum Gasteiger partial charge on any atom is 0.170 e. The van der Waals surface area contributed by atoms with E-state index < -0.39 is 0 Å². The number of rotatable bonds is 3. The van der Waals surface area contributed by atoms with Gasteiger partial charge in [-0.05, 0) is 29.8 Å². The van der Waals surface area contributed by atoms with E-state index in [4.69, 9.17) is 28.9 Å². The molecule has 18 heavy (non-hydrogen) atoms. The molecule has 5 heteroatoms. The highest BCUT2D eigenvalue weighted by Gasteiger charge is 2.11. The van der Waals surface area contributed by atoms with Crippen molar-refractivity contribution in [3.05, 3.63) is 57.7 Å². The van der Waals surface area contributed by atoms with Crippen LogP contribution < -0.4 is 5.73 Å². The molecule has 0 saturated carbocycles. The first-order valence-corrected chi connectivity index (χ1v) is 6.01. The van der Waals surface area contributed by atoms with Crippen LogP contribution in [0.1, 0.15) is 15.9 Å². The Morgan fingerprint density at radius 2 is 2.00 bits per heavy atom. The molecule has 2 rings (SSSR count). The Bertz CT molecular complexity index is 599. The number of aromatic nitrogens is 1. The number of halogens is 2. The Labute approximate surface area is 115 Å².